The number of nitrogens with zero attached hydrogens (tertiary/aromatic N) is 4. The molecule has 0 atom stereocenters. The highest BCUT2D eigenvalue weighted by Crippen LogP contribution is 2.11. The maximum atomic E-state index is 11.1. The van der Waals surface area contributed by atoms with Crippen LogP contribution >= 0.6 is 11.6 Å². The van der Waals surface area contributed by atoms with E-state index in [4.69, 9.17) is 16.3 Å². The Labute approximate surface area is 126 Å². The molecule has 7 heteroatoms. The molecular weight excluding hydrogens is 292 g/mol. The Morgan fingerprint density at radius 1 is 1.33 bits per heavy atom. The molecule has 2 aromatic rings. The second kappa shape index (κ2) is 7.35. The Balaban J connectivity index is 2.00. The van der Waals surface area contributed by atoms with Crippen LogP contribution in [-0.2, 0) is 9.53 Å². The van der Waals surface area contributed by atoms with Crippen LogP contribution in [0.4, 0.5) is 0 Å². The van der Waals surface area contributed by atoms with Crippen LogP contribution in [0.25, 0.3) is 11.8 Å². The topological polar surface area (TPSA) is 69.9 Å². The zero-order valence-electron chi connectivity index (χ0n) is 11.3. The summed E-state index contributed by atoms with van der Waals surface area (Å²) >= 11 is 5.81. The number of esters is 1. The number of tetrazole rings is 1. The molecule has 1 aromatic carbocycles. The van der Waals surface area contributed by atoms with Gasteiger partial charge in [-0.3, -0.25) is 0 Å². The van der Waals surface area contributed by atoms with Crippen LogP contribution in [0, 0.1) is 0 Å². The van der Waals surface area contributed by atoms with Crippen molar-refractivity contribution in [1.29, 1.82) is 0 Å². The van der Waals surface area contributed by atoms with E-state index in [-0.39, 0.29) is 5.97 Å². The maximum Gasteiger partial charge on any atom is 0.330 e. The molecule has 0 unspecified atom stereocenters. The zero-order valence-corrected chi connectivity index (χ0v) is 12.1. The molecule has 0 fully saturated rings. The van der Waals surface area contributed by atoms with Crippen LogP contribution in [0.5, 0.6) is 0 Å². The third kappa shape index (κ3) is 4.54. The van der Waals surface area contributed by atoms with Crippen molar-refractivity contribution in [2.45, 2.75) is 6.92 Å². The summed E-state index contributed by atoms with van der Waals surface area (Å²) < 4.78 is 4.75. The van der Waals surface area contributed by atoms with Crippen molar-refractivity contribution in [1.82, 2.24) is 20.2 Å². The molecule has 0 aliphatic rings. The molecule has 2 rings (SSSR count). The molecule has 21 heavy (non-hydrogen) atoms. The molecule has 0 spiro atoms. The predicted octanol–water partition coefficient (Wildman–Crippen LogP) is 2.45. The molecular formula is C14H13ClN4O2. The van der Waals surface area contributed by atoms with Crippen molar-refractivity contribution in [3.8, 4) is 5.69 Å². The Kier molecular flexibility index (Phi) is 5.22. The SMILES string of the molecule is CCOC(=O)/C=C/C=C/c1nnn(-c2ccc(Cl)cc2)n1. The van der Waals surface area contributed by atoms with E-state index < -0.39 is 0 Å². The van der Waals surface area contributed by atoms with E-state index in [1.165, 1.54) is 10.9 Å². The summed E-state index contributed by atoms with van der Waals surface area (Å²) in [5, 5.41) is 12.6. The predicted molar refractivity (Wildman–Crippen MR) is 79.0 cm³/mol. The molecule has 0 saturated heterocycles. The average molecular weight is 305 g/mol. The number of hydrogen-bond acceptors (Lipinski definition) is 5. The number of carbonyl (C=O) groups is 1. The Bertz CT molecular complexity index is 662. The molecule has 108 valence electrons. The van der Waals surface area contributed by atoms with Gasteiger partial charge < -0.3 is 4.74 Å². The summed E-state index contributed by atoms with van der Waals surface area (Å²) in [6.07, 6.45) is 6.15. The van der Waals surface area contributed by atoms with Gasteiger partial charge in [0.05, 0.1) is 12.3 Å². The molecule has 0 aliphatic carbocycles. The van der Waals surface area contributed by atoms with E-state index in [1.807, 2.05) is 0 Å². The molecule has 0 amide bonds. The van der Waals surface area contributed by atoms with Gasteiger partial charge in [0.2, 0.25) is 0 Å². The minimum absolute atomic E-state index is 0.351. The third-order valence-corrected chi connectivity index (χ3v) is 2.61. The first-order valence-electron chi connectivity index (χ1n) is 6.26. The fraction of sp³-hybridized carbons (Fsp3) is 0.143. The molecule has 0 radical (unpaired) electrons. The van der Waals surface area contributed by atoms with E-state index in [9.17, 15) is 4.79 Å². The van der Waals surface area contributed by atoms with Gasteiger partial charge in [0.1, 0.15) is 0 Å². The lowest BCUT2D eigenvalue weighted by atomic mass is 10.3. The lowest BCUT2D eigenvalue weighted by Gasteiger charge is -1.96. The summed E-state index contributed by atoms with van der Waals surface area (Å²) in [7, 11) is 0. The van der Waals surface area contributed by atoms with Gasteiger partial charge in [0, 0.05) is 11.1 Å². The number of carbonyl (C=O) groups excluding carboxylic acids is 1. The number of allylic oxidation sites excluding steroid dienone is 2. The number of rotatable bonds is 5. The van der Waals surface area contributed by atoms with Crippen LogP contribution in [-0.4, -0.2) is 32.8 Å². The Morgan fingerprint density at radius 2 is 2.10 bits per heavy atom. The standard InChI is InChI=1S/C14H13ClN4O2/c1-2-21-14(20)6-4-3-5-13-16-18-19(17-13)12-9-7-11(15)8-10-12/h3-10H,2H2,1H3/b5-3+,6-4+. The van der Waals surface area contributed by atoms with E-state index in [0.717, 1.165) is 5.69 Å². The van der Waals surface area contributed by atoms with Crippen molar-refractivity contribution in [3.63, 3.8) is 0 Å². The lowest BCUT2D eigenvalue weighted by Crippen LogP contribution is -1.98. The van der Waals surface area contributed by atoms with Crippen LogP contribution in [0.1, 0.15) is 12.7 Å². The first-order valence-corrected chi connectivity index (χ1v) is 6.64. The monoisotopic (exact) mass is 304 g/mol. The summed E-state index contributed by atoms with van der Waals surface area (Å²) in [6, 6.07) is 7.08. The highest BCUT2D eigenvalue weighted by atomic mass is 35.5. The Hall–Kier alpha value is -2.47. The number of halogens is 1. The molecule has 1 aromatic heterocycles. The van der Waals surface area contributed by atoms with E-state index in [2.05, 4.69) is 15.4 Å². The van der Waals surface area contributed by atoms with Crippen LogP contribution < -0.4 is 0 Å². The smallest absolute Gasteiger partial charge is 0.330 e. The highest BCUT2D eigenvalue weighted by molar-refractivity contribution is 6.30. The van der Waals surface area contributed by atoms with Crippen LogP contribution in [0.3, 0.4) is 0 Å². The van der Waals surface area contributed by atoms with Gasteiger partial charge in [0.15, 0.2) is 5.82 Å². The molecule has 1 heterocycles. The van der Waals surface area contributed by atoms with Gasteiger partial charge in [0.25, 0.3) is 0 Å². The second-order valence-corrected chi connectivity index (χ2v) is 4.32. The molecule has 6 nitrogen and oxygen atoms in total. The Morgan fingerprint density at radius 3 is 2.81 bits per heavy atom. The zero-order chi connectivity index (χ0) is 15.1. The summed E-state index contributed by atoms with van der Waals surface area (Å²) in [6.45, 7) is 2.10. The molecule has 0 N–H and O–H groups in total. The average Bonchev–Trinajstić information content (AvgIpc) is 2.93. The van der Waals surface area contributed by atoms with Crippen molar-refractivity contribution in [2.75, 3.05) is 6.61 Å². The largest absolute Gasteiger partial charge is 0.463 e. The van der Waals surface area contributed by atoms with E-state index in [1.54, 1.807) is 49.4 Å². The van der Waals surface area contributed by atoms with Gasteiger partial charge in [-0.1, -0.05) is 23.8 Å². The van der Waals surface area contributed by atoms with Crippen molar-refractivity contribution in [2.24, 2.45) is 0 Å². The van der Waals surface area contributed by atoms with E-state index >= 15 is 0 Å². The van der Waals surface area contributed by atoms with Gasteiger partial charge >= 0.3 is 5.97 Å². The minimum Gasteiger partial charge on any atom is -0.463 e. The van der Waals surface area contributed by atoms with Gasteiger partial charge in [-0.05, 0) is 42.5 Å². The van der Waals surface area contributed by atoms with E-state index in [0.29, 0.717) is 17.5 Å². The first kappa shape index (κ1) is 14.9. The third-order valence-electron chi connectivity index (χ3n) is 2.36. The van der Waals surface area contributed by atoms with Crippen LogP contribution in [0.2, 0.25) is 5.02 Å². The normalized spacial score (nSPS) is 11.3. The fourth-order valence-electron chi connectivity index (χ4n) is 1.44. The van der Waals surface area contributed by atoms with Gasteiger partial charge in [-0.15, -0.1) is 15.0 Å². The van der Waals surface area contributed by atoms with Crippen molar-refractivity contribution in [3.05, 3.63) is 53.3 Å². The highest BCUT2D eigenvalue weighted by Gasteiger charge is 2.01. The minimum atomic E-state index is -0.389. The molecule has 0 bridgehead atoms. The summed E-state index contributed by atoms with van der Waals surface area (Å²) in [5.74, 6) is 0.0402. The molecule has 0 saturated carbocycles. The molecule has 0 aliphatic heterocycles. The summed E-state index contributed by atoms with van der Waals surface area (Å²) in [4.78, 5) is 12.5. The fourth-order valence-corrected chi connectivity index (χ4v) is 1.57. The van der Waals surface area contributed by atoms with Crippen molar-refractivity contribution < 1.29 is 9.53 Å². The summed E-state index contributed by atoms with van der Waals surface area (Å²) in [5.41, 5.74) is 0.758. The number of ether oxygens (including phenoxy) is 1. The van der Waals surface area contributed by atoms with Crippen LogP contribution in [0.15, 0.2) is 42.5 Å². The van der Waals surface area contributed by atoms with Gasteiger partial charge in [-0.25, -0.2) is 4.79 Å². The number of aromatic nitrogens is 4. The lowest BCUT2D eigenvalue weighted by molar-refractivity contribution is -0.137. The second-order valence-electron chi connectivity index (χ2n) is 3.88. The van der Waals surface area contributed by atoms with Crippen molar-refractivity contribution >= 4 is 23.6 Å². The maximum absolute atomic E-state index is 11.1. The number of hydrogen-bond donors (Lipinski definition) is 0. The quantitative estimate of drug-likeness (QED) is 0.482. The van der Waals surface area contributed by atoms with Gasteiger partial charge in [-0.2, -0.15) is 0 Å². The number of benzene rings is 1. The first-order chi connectivity index (χ1) is 10.2.